The van der Waals surface area contributed by atoms with Gasteiger partial charge in [0.25, 0.3) is 0 Å². The van der Waals surface area contributed by atoms with Crippen molar-refractivity contribution >= 4 is 11.8 Å². The number of carbonyl (C=O) groups excluding carboxylic acids is 2. The molecule has 2 aromatic rings. The van der Waals surface area contributed by atoms with Crippen LogP contribution in [0, 0.1) is 27.7 Å². The molecule has 0 saturated carbocycles. The maximum atomic E-state index is 12.4. The molecule has 1 heterocycles. The van der Waals surface area contributed by atoms with Crippen molar-refractivity contribution in [1.29, 1.82) is 0 Å². The highest BCUT2D eigenvalue weighted by Crippen LogP contribution is 2.17. The third kappa shape index (κ3) is 3.08. The minimum Gasteiger partial charge on any atom is -0.451 e. The molecule has 0 N–H and O–H groups in total. The number of ether oxygens (including phenoxy) is 1. The molecule has 0 aliphatic heterocycles. The van der Waals surface area contributed by atoms with E-state index in [-0.39, 0.29) is 11.3 Å². The van der Waals surface area contributed by atoms with E-state index in [9.17, 15) is 9.59 Å². The van der Waals surface area contributed by atoms with Crippen molar-refractivity contribution < 1.29 is 18.8 Å². The summed E-state index contributed by atoms with van der Waals surface area (Å²) < 4.78 is 10.2. The van der Waals surface area contributed by atoms with E-state index in [1.54, 1.807) is 32.9 Å². The Morgan fingerprint density at radius 1 is 1.14 bits per heavy atom. The van der Waals surface area contributed by atoms with Crippen LogP contribution in [0.2, 0.25) is 0 Å². The van der Waals surface area contributed by atoms with Gasteiger partial charge in [-0.15, -0.1) is 0 Å². The van der Waals surface area contributed by atoms with Crippen molar-refractivity contribution in [2.24, 2.45) is 0 Å². The summed E-state index contributed by atoms with van der Waals surface area (Å²) in [5.74, 6) is -0.447. The Morgan fingerprint density at radius 2 is 1.82 bits per heavy atom. The second-order valence-corrected chi connectivity index (χ2v) is 5.41. The minimum atomic E-state index is -0.872. The lowest BCUT2D eigenvalue weighted by atomic mass is 10.0. The topological polar surface area (TPSA) is 69.4 Å². The molecule has 1 atom stereocenters. The molecular weight excluding hydrogens is 282 g/mol. The summed E-state index contributed by atoms with van der Waals surface area (Å²) in [5, 5.41) is 3.71. The fraction of sp³-hybridized carbons (Fsp3) is 0.353. The van der Waals surface area contributed by atoms with Gasteiger partial charge in [0.2, 0.25) is 5.78 Å². The molecule has 2 rings (SSSR count). The smallest absolute Gasteiger partial charge is 0.344 e. The molecule has 0 radical (unpaired) electrons. The van der Waals surface area contributed by atoms with Crippen molar-refractivity contribution in [2.45, 2.75) is 40.7 Å². The van der Waals surface area contributed by atoms with Crippen molar-refractivity contribution in [3.05, 3.63) is 51.9 Å². The zero-order valence-electron chi connectivity index (χ0n) is 13.4. The van der Waals surface area contributed by atoms with Crippen LogP contribution in [-0.2, 0) is 4.74 Å². The Kier molecular flexibility index (Phi) is 4.45. The predicted molar refractivity (Wildman–Crippen MR) is 81.1 cm³/mol. The van der Waals surface area contributed by atoms with E-state index in [0.29, 0.717) is 17.0 Å². The first kappa shape index (κ1) is 15.9. The van der Waals surface area contributed by atoms with Crippen molar-refractivity contribution in [2.75, 3.05) is 0 Å². The molecule has 5 nitrogen and oxygen atoms in total. The van der Waals surface area contributed by atoms with E-state index in [1.165, 1.54) is 0 Å². The molecule has 0 saturated heterocycles. The highest BCUT2D eigenvalue weighted by molar-refractivity contribution is 6.01. The lowest BCUT2D eigenvalue weighted by Gasteiger charge is -2.13. The van der Waals surface area contributed by atoms with Crippen molar-refractivity contribution in [1.82, 2.24) is 5.16 Å². The monoisotopic (exact) mass is 301 g/mol. The van der Waals surface area contributed by atoms with E-state index in [0.717, 1.165) is 11.1 Å². The van der Waals surface area contributed by atoms with E-state index in [2.05, 4.69) is 5.16 Å². The fourth-order valence-electron chi connectivity index (χ4n) is 2.18. The number of ketones is 1. The van der Waals surface area contributed by atoms with Gasteiger partial charge in [0, 0.05) is 5.56 Å². The average molecular weight is 301 g/mol. The highest BCUT2D eigenvalue weighted by Gasteiger charge is 2.25. The number of esters is 1. The highest BCUT2D eigenvalue weighted by atomic mass is 16.5. The van der Waals surface area contributed by atoms with Crippen LogP contribution in [0.3, 0.4) is 0 Å². The van der Waals surface area contributed by atoms with Gasteiger partial charge in [-0.05, 0) is 51.8 Å². The molecule has 1 aromatic heterocycles. The van der Waals surface area contributed by atoms with Crippen LogP contribution in [0.15, 0.2) is 22.7 Å². The Hall–Kier alpha value is -2.43. The lowest BCUT2D eigenvalue weighted by molar-refractivity contribution is 0.0316. The molecule has 0 unspecified atom stereocenters. The number of Topliss-reactive ketones (excluding diaryl/α,β-unsaturated/α-hetero) is 1. The second-order valence-electron chi connectivity index (χ2n) is 5.41. The van der Waals surface area contributed by atoms with Gasteiger partial charge in [0.1, 0.15) is 11.3 Å². The quantitative estimate of drug-likeness (QED) is 0.640. The SMILES string of the molecule is Cc1ccc(C(=O)[C@@H](C)OC(=O)c2c(C)noc2C)cc1C. The van der Waals surface area contributed by atoms with E-state index >= 15 is 0 Å². The molecule has 116 valence electrons. The summed E-state index contributed by atoms with van der Waals surface area (Å²) in [4.78, 5) is 24.5. The summed E-state index contributed by atoms with van der Waals surface area (Å²) >= 11 is 0. The number of rotatable bonds is 4. The fourth-order valence-corrected chi connectivity index (χ4v) is 2.18. The molecule has 5 heteroatoms. The van der Waals surface area contributed by atoms with Crippen LogP contribution in [0.1, 0.15) is 50.2 Å². The molecule has 0 bridgehead atoms. The summed E-state index contributed by atoms with van der Waals surface area (Å²) in [7, 11) is 0. The van der Waals surface area contributed by atoms with E-state index in [1.807, 2.05) is 19.9 Å². The lowest BCUT2D eigenvalue weighted by Crippen LogP contribution is -2.25. The zero-order chi connectivity index (χ0) is 16.4. The number of benzene rings is 1. The van der Waals surface area contributed by atoms with Crippen LogP contribution in [0.5, 0.6) is 0 Å². The van der Waals surface area contributed by atoms with Gasteiger partial charge >= 0.3 is 5.97 Å². The molecule has 1 aromatic carbocycles. The third-order valence-electron chi connectivity index (χ3n) is 3.68. The van der Waals surface area contributed by atoms with Gasteiger partial charge < -0.3 is 9.26 Å². The van der Waals surface area contributed by atoms with Gasteiger partial charge in [0.05, 0.1) is 5.69 Å². The molecule has 0 fully saturated rings. The van der Waals surface area contributed by atoms with Gasteiger partial charge in [-0.2, -0.15) is 0 Å². The second kappa shape index (κ2) is 6.13. The van der Waals surface area contributed by atoms with E-state index in [4.69, 9.17) is 9.26 Å². The molecular formula is C17H19NO4. The van der Waals surface area contributed by atoms with Gasteiger partial charge in [0.15, 0.2) is 6.10 Å². The first-order chi connectivity index (χ1) is 10.3. The van der Waals surface area contributed by atoms with Gasteiger partial charge in [-0.3, -0.25) is 4.79 Å². The van der Waals surface area contributed by atoms with Crippen LogP contribution in [0.25, 0.3) is 0 Å². The Bertz CT molecular complexity index is 711. The number of hydrogen-bond donors (Lipinski definition) is 0. The molecule has 0 aliphatic rings. The first-order valence-electron chi connectivity index (χ1n) is 7.06. The summed E-state index contributed by atoms with van der Waals surface area (Å²) in [6.45, 7) is 8.76. The van der Waals surface area contributed by atoms with Crippen molar-refractivity contribution in [3.8, 4) is 0 Å². The van der Waals surface area contributed by atoms with Crippen LogP contribution >= 0.6 is 0 Å². The number of aromatic nitrogens is 1. The largest absolute Gasteiger partial charge is 0.451 e. The number of hydrogen-bond acceptors (Lipinski definition) is 5. The normalized spacial score (nSPS) is 12.0. The third-order valence-corrected chi connectivity index (χ3v) is 3.68. The summed E-state index contributed by atoms with van der Waals surface area (Å²) in [5.41, 5.74) is 3.39. The summed E-state index contributed by atoms with van der Waals surface area (Å²) in [6, 6.07) is 5.42. The minimum absolute atomic E-state index is 0.233. The molecule has 0 amide bonds. The molecule has 0 aliphatic carbocycles. The Labute approximate surface area is 129 Å². The Morgan fingerprint density at radius 3 is 2.36 bits per heavy atom. The van der Waals surface area contributed by atoms with E-state index < -0.39 is 12.1 Å². The first-order valence-corrected chi connectivity index (χ1v) is 7.06. The Balaban J connectivity index is 2.14. The number of carbonyl (C=O) groups is 2. The predicted octanol–water partition coefficient (Wildman–Crippen LogP) is 3.34. The standard InChI is InChI=1S/C17H19NO4/c1-9-6-7-14(8-10(9)2)16(19)13(5)21-17(20)15-11(3)18-22-12(15)4/h6-8,13H,1-5H3/t13-/m1/s1. The average Bonchev–Trinajstić information content (AvgIpc) is 2.80. The number of aryl methyl sites for hydroxylation is 4. The molecule has 22 heavy (non-hydrogen) atoms. The summed E-state index contributed by atoms with van der Waals surface area (Å²) in [6.07, 6.45) is -0.872. The van der Waals surface area contributed by atoms with Crippen LogP contribution in [-0.4, -0.2) is 23.0 Å². The van der Waals surface area contributed by atoms with Gasteiger partial charge in [-0.1, -0.05) is 17.3 Å². The maximum Gasteiger partial charge on any atom is 0.344 e. The van der Waals surface area contributed by atoms with Gasteiger partial charge in [-0.25, -0.2) is 4.79 Å². The maximum absolute atomic E-state index is 12.4. The van der Waals surface area contributed by atoms with Crippen LogP contribution < -0.4 is 0 Å². The number of nitrogens with zero attached hydrogens (tertiary/aromatic N) is 1. The zero-order valence-corrected chi connectivity index (χ0v) is 13.4. The molecule has 0 spiro atoms. The van der Waals surface area contributed by atoms with Crippen molar-refractivity contribution in [3.63, 3.8) is 0 Å². The van der Waals surface area contributed by atoms with Crippen LogP contribution in [0.4, 0.5) is 0 Å².